The van der Waals surface area contributed by atoms with Crippen molar-refractivity contribution in [2.24, 2.45) is 5.41 Å². The quantitative estimate of drug-likeness (QED) is 0.693. The highest BCUT2D eigenvalue weighted by atomic mass is 16.5. The van der Waals surface area contributed by atoms with Crippen LogP contribution in [0.15, 0.2) is 0 Å². The van der Waals surface area contributed by atoms with Crippen LogP contribution in [0.5, 0.6) is 0 Å². The van der Waals surface area contributed by atoms with E-state index in [2.05, 4.69) is 25.7 Å². The molecule has 17 heavy (non-hydrogen) atoms. The monoisotopic (exact) mass is 241 g/mol. The summed E-state index contributed by atoms with van der Waals surface area (Å²) in [5.74, 6) is -0.0475. The molecule has 0 radical (unpaired) electrons. The molecule has 0 N–H and O–H groups in total. The van der Waals surface area contributed by atoms with Gasteiger partial charge in [0.05, 0.1) is 13.0 Å². The predicted octanol–water partition coefficient (Wildman–Crippen LogP) is 2.84. The molecule has 1 heterocycles. The van der Waals surface area contributed by atoms with Gasteiger partial charge >= 0.3 is 5.97 Å². The van der Waals surface area contributed by atoms with Crippen molar-refractivity contribution in [3.8, 4) is 0 Å². The van der Waals surface area contributed by atoms with E-state index in [9.17, 15) is 4.79 Å². The van der Waals surface area contributed by atoms with Crippen LogP contribution in [-0.4, -0.2) is 36.6 Å². The molecule has 0 aromatic carbocycles. The van der Waals surface area contributed by atoms with Crippen molar-refractivity contribution in [3.63, 3.8) is 0 Å². The van der Waals surface area contributed by atoms with E-state index in [0.717, 1.165) is 19.5 Å². The first-order chi connectivity index (χ1) is 7.92. The fourth-order valence-electron chi connectivity index (χ4n) is 2.56. The number of ether oxygens (including phenoxy) is 1. The molecule has 3 heteroatoms. The van der Waals surface area contributed by atoms with E-state index in [-0.39, 0.29) is 11.4 Å². The Labute approximate surface area is 106 Å². The maximum absolute atomic E-state index is 11.6. The number of likely N-dealkylation sites (tertiary alicyclic amines) is 1. The van der Waals surface area contributed by atoms with Crippen LogP contribution in [0, 0.1) is 5.41 Å². The van der Waals surface area contributed by atoms with Gasteiger partial charge in [0, 0.05) is 6.04 Å². The van der Waals surface area contributed by atoms with E-state index in [4.69, 9.17) is 4.74 Å². The largest absolute Gasteiger partial charge is 0.466 e. The van der Waals surface area contributed by atoms with Crippen LogP contribution in [0.3, 0.4) is 0 Å². The van der Waals surface area contributed by atoms with Crippen molar-refractivity contribution in [1.29, 1.82) is 0 Å². The van der Waals surface area contributed by atoms with E-state index >= 15 is 0 Å². The molecule has 0 bridgehead atoms. The molecule has 0 aromatic heterocycles. The standard InChI is InChI=1S/C14H27NO2/c1-5-17-13(16)10-12(11-14(2,3)4)15-8-6-7-9-15/h12H,5-11H2,1-4H3. The first kappa shape index (κ1) is 14.5. The Morgan fingerprint density at radius 1 is 1.29 bits per heavy atom. The van der Waals surface area contributed by atoms with Crippen LogP contribution >= 0.6 is 0 Å². The Balaban J connectivity index is 2.55. The van der Waals surface area contributed by atoms with E-state index in [1.54, 1.807) is 0 Å². The molecule has 0 spiro atoms. The van der Waals surface area contributed by atoms with Crippen LogP contribution in [0.4, 0.5) is 0 Å². The highest BCUT2D eigenvalue weighted by Gasteiger charge is 2.28. The lowest BCUT2D eigenvalue weighted by atomic mass is 9.86. The minimum absolute atomic E-state index is 0.0475. The van der Waals surface area contributed by atoms with Crippen molar-refractivity contribution in [2.45, 2.75) is 59.4 Å². The van der Waals surface area contributed by atoms with E-state index < -0.39 is 0 Å². The lowest BCUT2D eigenvalue weighted by Gasteiger charge is -2.32. The normalized spacial score (nSPS) is 19.3. The van der Waals surface area contributed by atoms with E-state index in [1.807, 2.05) is 6.92 Å². The second-order valence-corrected chi connectivity index (χ2v) is 6.17. The van der Waals surface area contributed by atoms with E-state index in [1.165, 1.54) is 12.8 Å². The highest BCUT2D eigenvalue weighted by Crippen LogP contribution is 2.27. The Morgan fingerprint density at radius 2 is 1.88 bits per heavy atom. The Kier molecular flexibility index (Phi) is 5.44. The van der Waals surface area contributed by atoms with Gasteiger partial charge in [0.25, 0.3) is 0 Å². The molecule has 0 saturated carbocycles. The molecule has 1 rings (SSSR count). The summed E-state index contributed by atoms with van der Waals surface area (Å²) in [4.78, 5) is 14.1. The van der Waals surface area contributed by atoms with Crippen LogP contribution in [0.25, 0.3) is 0 Å². The van der Waals surface area contributed by atoms with Crippen molar-refractivity contribution < 1.29 is 9.53 Å². The fraction of sp³-hybridized carbons (Fsp3) is 0.929. The minimum atomic E-state index is -0.0475. The summed E-state index contributed by atoms with van der Waals surface area (Å²) >= 11 is 0. The molecule has 0 amide bonds. The molecule has 0 aliphatic carbocycles. The first-order valence-corrected chi connectivity index (χ1v) is 6.82. The number of hydrogen-bond donors (Lipinski definition) is 0. The molecule has 1 atom stereocenters. The van der Waals surface area contributed by atoms with Gasteiger partial charge in [-0.25, -0.2) is 0 Å². The maximum Gasteiger partial charge on any atom is 0.307 e. The third-order valence-corrected chi connectivity index (χ3v) is 3.21. The molecule has 1 fully saturated rings. The number of rotatable bonds is 5. The molecule has 1 aliphatic heterocycles. The maximum atomic E-state index is 11.6. The van der Waals surface area contributed by atoms with Crippen molar-refractivity contribution in [2.75, 3.05) is 19.7 Å². The van der Waals surface area contributed by atoms with Gasteiger partial charge in [-0.1, -0.05) is 20.8 Å². The topological polar surface area (TPSA) is 29.5 Å². The molecule has 1 unspecified atom stereocenters. The first-order valence-electron chi connectivity index (χ1n) is 6.82. The van der Waals surface area contributed by atoms with Crippen LogP contribution in [-0.2, 0) is 9.53 Å². The van der Waals surface area contributed by atoms with Crippen LogP contribution in [0.2, 0.25) is 0 Å². The zero-order valence-electron chi connectivity index (χ0n) is 11.8. The van der Waals surface area contributed by atoms with Gasteiger partial charge in [-0.2, -0.15) is 0 Å². The smallest absolute Gasteiger partial charge is 0.307 e. The van der Waals surface area contributed by atoms with Crippen LogP contribution < -0.4 is 0 Å². The SMILES string of the molecule is CCOC(=O)CC(CC(C)(C)C)N1CCCC1. The summed E-state index contributed by atoms with van der Waals surface area (Å²) < 4.78 is 5.08. The number of carbonyl (C=O) groups excluding carboxylic acids is 1. The highest BCUT2D eigenvalue weighted by molar-refractivity contribution is 5.70. The third-order valence-electron chi connectivity index (χ3n) is 3.21. The lowest BCUT2D eigenvalue weighted by Crippen LogP contribution is -2.37. The van der Waals surface area contributed by atoms with E-state index in [0.29, 0.717) is 19.1 Å². The molecule has 0 aromatic rings. The Bertz CT molecular complexity index is 239. The van der Waals surface area contributed by atoms with Gasteiger partial charge in [0.2, 0.25) is 0 Å². The third kappa shape index (κ3) is 5.53. The minimum Gasteiger partial charge on any atom is -0.466 e. The second-order valence-electron chi connectivity index (χ2n) is 6.17. The molecular formula is C14H27NO2. The fourth-order valence-corrected chi connectivity index (χ4v) is 2.56. The average Bonchev–Trinajstić information content (AvgIpc) is 2.67. The number of nitrogens with zero attached hydrogens (tertiary/aromatic N) is 1. The predicted molar refractivity (Wildman–Crippen MR) is 69.9 cm³/mol. The summed E-state index contributed by atoms with van der Waals surface area (Å²) in [6.07, 6.45) is 4.14. The van der Waals surface area contributed by atoms with Crippen molar-refractivity contribution in [3.05, 3.63) is 0 Å². The summed E-state index contributed by atoms with van der Waals surface area (Å²) in [7, 11) is 0. The number of carbonyl (C=O) groups is 1. The van der Waals surface area contributed by atoms with Gasteiger partial charge in [0.1, 0.15) is 0 Å². The molecular weight excluding hydrogens is 214 g/mol. The molecule has 100 valence electrons. The number of esters is 1. The van der Waals surface area contributed by atoms with Gasteiger partial charge in [-0.3, -0.25) is 9.69 Å². The summed E-state index contributed by atoms with van der Waals surface area (Å²) in [5, 5.41) is 0. The van der Waals surface area contributed by atoms with Gasteiger partial charge in [0.15, 0.2) is 0 Å². The van der Waals surface area contributed by atoms with Crippen molar-refractivity contribution >= 4 is 5.97 Å². The van der Waals surface area contributed by atoms with Gasteiger partial charge in [-0.15, -0.1) is 0 Å². The molecule has 3 nitrogen and oxygen atoms in total. The lowest BCUT2D eigenvalue weighted by molar-refractivity contribution is -0.144. The molecule has 1 saturated heterocycles. The van der Waals surface area contributed by atoms with Gasteiger partial charge in [-0.05, 0) is 44.7 Å². The Hall–Kier alpha value is -0.570. The number of hydrogen-bond acceptors (Lipinski definition) is 3. The average molecular weight is 241 g/mol. The zero-order chi connectivity index (χ0) is 12.9. The summed E-state index contributed by atoms with van der Waals surface area (Å²) in [6, 6.07) is 0.358. The Morgan fingerprint density at radius 3 is 2.35 bits per heavy atom. The van der Waals surface area contributed by atoms with Crippen LogP contribution in [0.1, 0.15) is 53.4 Å². The van der Waals surface area contributed by atoms with Gasteiger partial charge < -0.3 is 4.74 Å². The zero-order valence-corrected chi connectivity index (χ0v) is 11.8. The van der Waals surface area contributed by atoms with Crippen molar-refractivity contribution in [1.82, 2.24) is 4.90 Å². The second kappa shape index (κ2) is 6.39. The summed E-state index contributed by atoms with van der Waals surface area (Å²) in [6.45, 7) is 11.3. The molecule has 1 aliphatic rings. The summed E-state index contributed by atoms with van der Waals surface area (Å²) in [5.41, 5.74) is 0.264.